The first kappa shape index (κ1) is 19.6. The summed E-state index contributed by atoms with van der Waals surface area (Å²) in [7, 11) is 4.62. The van der Waals surface area contributed by atoms with Gasteiger partial charge in [0.1, 0.15) is 0 Å². The van der Waals surface area contributed by atoms with Gasteiger partial charge in [0.25, 0.3) is 0 Å². The number of ether oxygens (including phenoxy) is 3. The fourth-order valence-electron chi connectivity index (χ4n) is 2.40. The molecule has 1 aromatic heterocycles. The number of carbonyl (C=O) groups excluding carboxylic acids is 1. The summed E-state index contributed by atoms with van der Waals surface area (Å²) in [6, 6.07) is 3.49. The Labute approximate surface area is 152 Å². The van der Waals surface area contributed by atoms with Crippen LogP contribution in [0.1, 0.15) is 32.1 Å². The fraction of sp³-hybridized carbons (Fsp3) is 0.500. The van der Waals surface area contributed by atoms with E-state index in [2.05, 4.69) is 22.4 Å². The van der Waals surface area contributed by atoms with Crippen LogP contribution in [0.5, 0.6) is 17.2 Å². The zero-order valence-corrected chi connectivity index (χ0v) is 15.6. The highest BCUT2D eigenvalue weighted by atomic mass is 16.5. The van der Waals surface area contributed by atoms with Crippen LogP contribution in [-0.2, 0) is 11.2 Å². The van der Waals surface area contributed by atoms with Crippen molar-refractivity contribution in [2.24, 2.45) is 0 Å². The van der Waals surface area contributed by atoms with Crippen LogP contribution < -0.4 is 19.5 Å². The highest BCUT2D eigenvalue weighted by Gasteiger charge is 2.17. The minimum atomic E-state index is -0.0222. The van der Waals surface area contributed by atoms with Crippen LogP contribution in [-0.4, -0.2) is 43.9 Å². The van der Waals surface area contributed by atoms with Gasteiger partial charge in [-0.2, -0.15) is 4.98 Å². The molecule has 26 heavy (non-hydrogen) atoms. The van der Waals surface area contributed by atoms with E-state index in [-0.39, 0.29) is 5.91 Å². The summed E-state index contributed by atoms with van der Waals surface area (Å²) in [5, 5.41) is 6.84. The summed E-state index contributed by atoms with van der Waals surface area (Å²) in [6.07, 6.45) is 2.70. The molecule has 0 radical (unpaired) electrons. The largest absolute Gasteiger partial charge is 0.493 e. The highest BCUT2D eigenvalue weighted by Crippen LogP contribution is 2.40. The Morgan fingerprint density at radius 1 is 1.15 bits per heavy atom. The number of hydrogen-bond donors (Lipinski definition) is 1. The average molecular weight is 363 g/mol. The maximum atomic E-state index is 11.8. The molecule has 2 aromatic rings. The van der Waals surface area contributed by atoms with Gasteiger partial charge in [0.2, 0.25) is 23.4 Å². The van der Waals surface area contributed by atoms with Crippen LogP contribution in [0.4, 0.5) is 0 Å². The lowest BCUT2D eigenvalue weighted by atomic mass is 10.1. The number of rotatable bonds is 10. The number of benzene rings is 1. The van der Waals surface area contributed by atoms with E-state index in [1.165, 1.54) is 7.11 Å². The number of unbranched alkanes of at least 4 members (excludes halogenated alkanes) is 1. The Hall–Kier alpha value is -2.77. The molecule has 142 valence electrons. The van der Waals surface area contributed by atoms with Gasteiger partial charge in [-0.15, -0.1) is 0 Å². The third-order valence-corrected chi connectivity index (χ3v) is 3.81. The van der Waals surface area contributed by atoms with Gasteiger partial charge in [0, 0.05) is 24.9 Å². The van der Waals surface area contributed by atoms with Gasteiger partial charge in [-0.1, -0.05) is 18.5 Å². The monoisotopic (exact) mass is 363 g/mol. The molecule has 0 bridgehead atoms. The van der Waals surface area contributed by atoms with Crippen molar-refractivity contribution in [3.63, 3.8) is 0 Å². The standard InChI is InChI=1S/C18H25N3O5/c1-5-6-9-19-15(22)7-8-16-20-18(21-26-16)12-10-13(23-2)17(25-4)14(11-12)24-3/h10-11H,5-9H2,1-4H3,(H,19,22). The molecule has 0 aliphatic rings. The molecule has 2 rings (SSSR count). The van der Waals surface area contributed by atoms with Crippen molar-refractivity contribution in [2.75, 3.05) is 27.9 Å². The summed E-state index contributed by atoms with van der Waals surface area (Å²) in [4.78, 5) is 16.1. The number of methoxy groups -OCH3 is 3. The molecule has 8 nitrogen and oxygen atoms in total. The summed E-state index contributed by atoms with van der Waals surface area (Å²) >= 11 is 0. The number of aromatic nitrogens is 2. The average Bonchev–Trinajstić information content (AvgIpc) is 3.14. The Bertz CT molecular complexity index is 704. The van der Waals surface area contributed by atoms with Crippen molar-refractivity contribution >= 4 is 5.91 Å². The molecule has 0 saturated carbocycles. The maximum absolute atomic E-state index is 11.8. The molecule has 0 aliphatic heterocycles. The SMILES string of the molecule is CCCCNC(=O)CCc1nc(-c2cc(OC)c(OC)c(OC)c2)no1. The summed E-state index contributed by atoms with van der Waals surface area (Å²) in [5.74, 6) is 2.27. The molecule has 0 atom stereocenters. The lowest BCUT2D eigenvalue weighted by molar-refractivity contribution is -0.121. The second-order valence-electron chi connectivity index (χ2n) is 5.63. The molecular weight excluding hydrogens is 338 g/mol. The van der Waals surface area contributed by atoms with E-state index in [4.69, 9.17) is 18.7 Å². The Balaban J connectivity index is 2.08. The highest BCUT2D eigenvalue weighted by molar-refractivity contribution is 5.76. The van der Waals surface area contributed by atoms with Crippen LogP contribution in [0.25, 0.3) is 11.4 Å². The zero-order valence-electron chi connectivity index (χ0n) is 15.6. The lowest BCUT2D eigenvalue weighted by Gasteiger charge is -2.12. The Morgan fingerprint density at radius 3 is 2.42 bits per heavy atom. The molecule has 0 fully saturated rings. The van der Waals surface area contributed by atoms with Crippen LogP contribution in [0.15, 0.2) is 16.7 Å². The zero-order chi connectivity index (χ0) is 18.9. The number of nitrogens with one attached hydrogen (secondary N) is 1. The van der Waals surface area contributed by atoms with Crippen molar-refractivity contribution in [3.05, 3.63) is 18.0 Å². The van der Waals surface area contributed by atoms with E-state index in [9.17, 15) is 4.79 Å². The first-order valence-electron chi connectivity index (χ1n) is 8.52. The van der Waals surface area contributed by atoms with E-state index >= 15 is 0 Å². The van der Waals surface area contributed by atoms with E-state index in [1.54, 1.807) is 26.4 Å². The minimum absolute atomic E-state index is 0.0222. The minimum Gasteiger partial charge on any atom is -0.493 e. The van der Waals surface area contributed by atoms with Crippen molar-refractivity contribution in [1.29, 1.82) is 0 Å². The third kappa shape index (κ3) is 4.87. The summed E-state index contributed by atoms with van der Waals surface area (Å²) in [5.41, 5.74) is 0.668. The molecule has 8 heteroatoms. The molecule has 0 spiro atoms. The van der Waals surface area contributed by atoms with Gasteiger partial charge < -0.3 is 24.1 Å². The summed E-state index contributed by atoms with van der Waals surface area (Å²) < 4.78 is 21.2. The lowest BCUT2D eigenvalue weighted by Crippen LogP contribution is -2.24. The number of aryl methyl sites for hydroxylation is 1. The number of carbonyl (C=O) groups is 1. The van der Waals surface area contributed by atoms with Gasteiger partial charge in [-0.05, 0) is 18.6 Å². The van der Waals surface area contributed by atoms with Gasteiger partial charge in [0.15, 0.2) is 11.5 Å². The quantitative estimate of drug-likeness (QED) is 0.648. The van der Waals surface area contributed by atoms with Crippen LogP contribution in [0.3, 0.4) is 0 Å². The molecule has 0 unspecified atom stereocenters. The predicted octanol–water partition coefficient (Wildman–Crippen LogP) is 2.61. The molecule has 1 heterocycles. The van der Waals surface area contributed by atoms with Gasteiger partial charge >= 0.3 is 0 Å². The number of hydrogen-bond acceptors (Lipinski definition) is 7. The molecule has 1 N–H and O–H groups in total. The van der Waals surface area contributed by atoms with Crippen molar-refractivity contribution in [3.8, 4) is 28.6 Å². The van der Waals surface area contributed by atoms with Crippen LogP contribution in [0, 0.1) is 0 Å². The molecular formula is C18H25N3O5. The number of nitrogens with zero attached hydrogens (tertiary/aromatic N) is 2. The van der Waals surface area contributed by atoms with Crippen molar-refractivity contribution in [2.45, 2.75) is 32.6 Å². The number of amides is 1. The predicted molar refractivity (Wildman–Crippen MR) is 95.6 cm³/mol. The first-order valence-corrected chi connectivity index (χ1v) is 8.52. The van der Waals surface area contributed by atoms with E-state index in [0.717, 1.165) is 12.8 Å². The van der Waals surface area contributed by atoms with E-state index < -0.39 is 0 Å². The topological polar surface area (TPSA) is 95.7 Å². The Morgan fingerprint density at radius 2 is 1.85 bits per heavy atom. The van der Waals surface area contributed by atoms with Crippen molar-refractivity contribution < 1.29 is 23.5 Å². The Kier molecular flexibility index (Phi) is 7.25. The normalized spacial score (nSPS) is 10.5. The summed E-state index contributed by atoms with van der Waals surface area (Å²) in [6.45, 7) is 2.77. The molecule has 0 aliphatic carbocycles. The molecule has 1 aromatic carbocycles. The molecule has 1 amide bonds. The van der Waals surface area contributed by atoms with E-state index in [0.29, 0.717) is 53.9 Å². The van der Waals surface area contributed by atoms with Crippen LogP contribution in [0.2, 0.25) is 0 Å². The maximum Gasteiger partial charge on any atom is 0.227 e. The van der Waals surface area contributed by atoms with Gasteiger partial charge in [-0.25, -0.2) is 0 Å². The van der Waals surface area contributed by atoms with E-state index in [1.807, 2.05) is 0 Å². The molecule has 0 saturated heterocycles. The second-order valence-corrected chi connectivity index (χ2v) is 5.63. The second kappa shape index (κ2) is 9.65. The van der Waals surface area contributed by atoms with Gasteiger partial charge in [0.05, 0.1) is 21.3 Å². The smallest absolute Gasteiger partial charge is 0.227 e. The van der Waals surface area contributed by atoms with Gasteiger partial charge in [-0.3, -0.25) is 4.79 Å². The fourth-order valence-corrected chi connectivity index (χ4v) is 2.40. The van der Waals surface area contributed by atoms with Crippen molar-refractivity contribution in [1.82, 2.24) is 15.5 Å². The van der Waals surface area contributed by atoms with Crippen LogP contribution >= 0.6 is 0 Å². The first-order chi connectivity index (χ1) is 12.6. The third-order valence-electron chi connectivity index (χ3n) is 3.81.